The van der Waals surface area contributed by atoms with Crippen molar-refractivity contribution >= 4 is 11.6 Å². The molecule has 3 nitrogen and oxygen atoms in total. The average Bonchev–Trinajstić information content (AvgIpc) is 2.33. The second-order valence-electron chi connectivity index (χ2n) is 2.26. The average molecular weight is 159 g/mol. The number of alkyl halides is 1. The Bertz CT molecular complexity index is 235. The summed E-state index contributed by atoms with van der Waals surface area (Å²) in [5.41, 5.74) is 0. The Morgan fingerprint density at radius 3 is 3.60 bits per heavy atom. The van der Waals surface area contributed by atoms with Crippen molar-refractivity contribution in [3.63, 3.8) is 0 Å². The minimum absolute atomic E-state index is 0.0624. The summed E-state index contributed by atoms with van der Waals surface area (Å²) in [6, 6.07) is 1.84. The van der Waals surface area contributed by atoms with Crippen LogP contribution < -0.4 is 4.74 Å². The molecule has 0 unspecified atom stereocenters. The van der Waals surface area contributed by atoms with E-state index in [1.165, 1.54) is 0 Å². The Labute approximate surface area is 63.5 Å². The smallest absolute Gasteiger partial charge is 0.211 e. The fourth-order valence-electron chi connectivity index (χ4n) is 0.996. The molecule has 1 aliphatic heterocycles. The van der Waals surface area contributed by atoms with Crippen molar-refractivity contribution in [1.82, 2.24) is 9.78 Å². The number of rotatable bonds is 0. The number of fused-ring (bicyclic) bond motifs is 1. The molecule has 0 fully saturated rings. The summed E-state index contributed by atoms with van der Waals surface area (Å²) in [6.07, 6.45) is 1.71. The van der Waals surface area contributed by atoms with Gasteiger partial charge in [-0.3, -0.25) is 0 Å². The summed E-state index contributed by atoms with van der Waals surface area (Å²) in [7, 11) is 0. The molecule has 0 N–H and O–H groups in total. The van der Waals surface area contributed by atoms with Crippen LogP contribution in [0.4, 0.5) is 0 Å². The summed E-state index contributed by atoms with van der Waals surface area (Å²) < 4.78 is 7.01. The molecule has 1 aliphatic rings. The number of hydrogen-bond donors (Lipinski definition) is 0. The fraction of sp³-hybridized carbons (Fsp3) is 0.500. The lowest BCUT2D eigenvalue weighted by Gasteiger charge is -2.18. The highest BCUT2D eigenvalue weighted by atomic mass is 35.5. The van der Waals surface area contributed by atoms with Gasteiger partial charge in [-0.05, 0) is 0 Å². The predicted octanol–water partition coefficient (Wildman–Crippen LogP) is 0.883. The van der Waals surface area contributed by atoms with Crippen LogP contribution in [0.5, 0.6) is 5.88 Å². The van der Waals surface area contributed by atoms with Crippen LogP contribution in [-0.2, 0) is 6.54 Å². The van der Waals surface area contributed by atoms with Crippen molar-refractivity contribution in [2.75, 3.05) is 6.61 Å². The molecule has 10 heavy (non-hydrogen) atoms. The van der Waals surface area contributed by atoms with Crippen molar-refractivity contribution in [3.05, 3.63) is 12.3 Å². The second-order valence-corrected chi connectivity index (χ2v) is 2.88. The third kappa shape index (κ3) is 0.865. The van der Waals surface area contributed by atoms with Crippen LogP contribution in [-0.4, -0.2) is 21.8 Å². The Kier molecular flexibility index (Phi) is 1.31. The maximum absolute atomic E-state index is 5.82. The Balaban J connectivity index is 2.30. The van der Waals surface area contributed by atoms with Crippen LogP contribution in [0.3, 0.4) is 0 Å². The van der Waals surface area contributed by atoms with E-state index in [1.807, 2.05) is 6.07 Å². The Morgan fingerprint density at radius 2 is 2.70 bits per heavy atom. The van der Waals surface area contributed by atoms with Gasteiger partial charge in [-0.1, -0.05) is 0 Å². The third-order valence-corrected chi connectivity index (χ3v) is 1.72. The van der Waals surface area contributed by atoms with Gasteiger partial charge in [0.05, 0.1) is 18.1 Å². The molecule has 1 atom stereocenters. The summed E-state index contributed by atoms with van der Waals surface area (Å²) in [6.45, 7) is 1.34. The molecule has 1 aromatic rings. The summed E-state index contributed by atoms with van der Waals surface area (Å²) in [5.74, 6) is 0.817. The number of ether oxygens (including phenoxy) is 1. The summed E-state index contributed by atoms with van der Waals surface area (Å²) in [4.78, 5) is 0. The highest BCUT2D eigenvalue weighted by Crippen LogP contribution is 2.17. The first-order valence-corrected chi connectivity index (χ1v) is 3.58. The lowest BCUT2D eigenvalue weighted by molar-refractivity contribution is 0.234. The molecular weight excluding hydrogens is 152 g/mol. The van der Waals surface area contributed by atoms with Crippen LogP contribution in [0.1, 0.15) is 0 Å². The van der Waals surface area contributed by atoms with Gasteiger partial charge in [0.25, 0.3) is 0 Å². The lowest BCUT2D eigenvalue weighted by atomic mass is 10.4. The van der Waals surface area contributed by atoms with Crippen LogP contribution in [0.15, 0.2) is 12.3 Å². The van der Waals surface area contributed by atoms with Crippen molar-refractivity contribution in [1.29, 1.82) is 0 Å². The number of nitrogens with zero attached hydrogens (tertiary/aromatic N) is 2. The zero-order valence-corrected chi connectivity index (χ0v) is 6.08. The van der Waals surface area contributed by atoms with Gasteiger partial charge in [-0.15, -0.1) is 11.6 Å². The minimum Gasteiger partial charge on any atom is -0.476 e. The lowest BCUT2D eigenvalue weighted by Crippen LogP contribution is -2.25. The molecule has 54 valence electrons. The molecule has 1 aromatic heterocycles. The van der Waals surface area contributed by atoms with E-state index in [9.17, 15) is 0 Å². The van der Waals surface area contributed by atoms with Crippen LogP contribution in [0.25, 0.3) is 0 Å². The maximum atomic E-state index is 5.82. The van der Waals surface area contributed by atoms with Crippen molar-refractivity contribution in [3.8, 4) is 5.88 Å². The van der Waals surface area contributed by atoms with E-state index in [-0.39, 0.29) is 5.38 Å². The topological polar surface area (TPSA) is 27.1 Å². The van der Waals surface area contributed by atoms with Crippen LogP contribution in [0.2, 0.25) is 0 Å². The van der Waals surface area contributed by atoms with Crippen molar-refractivity contribution < 1.29 is 4.74 Å². The molecular formula is C6H7ClN2O. The second kappa shape index (κ2) is 2.16. The molecule has 0 saturated heterocycles. The van der Waals surface area contributed by atoms with E-state index in [1.54, 1.807) is 10.9 Å². The SMILES string of the molecule is Cl[C@H]1COc2ccnn2C1. The zero-order valence-electron chi connectivity index (χ0n) is 5.33. The van der Waals surface area contributed by atoms with Gasteiger partial charge < -0.3 is 4.74 Å². The van der Waals surface area contributed by atoms with Gasteiger partial charge in [0.1, 0.15) is 6.61 Å². The van der Waals surface area contributed by atoms with Gasteiger partial charge in [0.15, 0.2) is 0 Å². The van der Waals surface area contributed by atoms with Crippen LogP contribution >= 0.6 is 11.6 Å². The van der Waals surface area contributed by atoms with E-state index >= 15 is 0 Å². The molecule has 0 saturated carbocycles. The van der Waals surface area contributed by atoms with Crippen LogP contribution in [0, 0.1) is 0 Å². The first-order valence-electron chi connectivity index (χ1n) is 3.15. The standard InChI is InChI=1S/C6H7ClN2O/c7-5-3-9-6(10-4-5)1-2-8-9/h1-2,5H,3-4H2/t5-/m1/s1. The number of aromatic nitrogens is 2. The van der Waals surface area contributed by atoms with Gasteiger partial charge in [0.2, 0.25) is 5.88 Å². The highest BCUT2D eigenvalue weighted by molar-refractivity contribution is 6.20. The van der Waals surface area contributed by atoms with E-state index < -0.39 is 0 Å². The molecule has 4 heteroatoms. The number of hydrogen-bond acceptors (Lipinski definition) is 2. The van der Waals surface area contributed by atoms with E-state index in [0.717, 1.165) is 12.4 Å². The normalized spacial score (nSPS) is 23.5. The Hall–Kier alpha value is -0.700. The largest absolute Gasteiger partial charge is 0.476 e. The van der Waals surface area contributed by atoms with Gasteiger partial charge in [-0.25, -0.2) is 4.68 Å². The monoisotopic (exact) mass is 158 g/mol. The van der Waals surface area contributed by atoms with Gasteiger partial charge in [-0.2, -0.15) is 5.10 Å². The molecule has 2 rings (SSSR count). The molecule has 0 amide bonds. The zero-order chi connectivity index (χ0) is 6.97. The van der Waals surface area contributed by atoms with E-state index in [4.69, 9.17) is 16.3 Å². The summed E-state index contributed by atoms with van der Waals surface area (Å²) >= 11 is 5.82. The quantitative estimate of drug-likeness (QED) is 0.525. The first kappa shape index (κ1) is 6.04. The van der Waals surface area contributed by atoms with Gasteiger partial charge in [0, 0.05) is 6.07 Å². The predicted molar refractivity (Wildman–Crippen MR) is 37.4 cm³/mol. The first-order chi connectivity index (χ1) is 4.86. The molecule has 0 aliphatic carbocycles. The minimum atomic E-state index is 0.0624. The molecule has 2 heterocycles. The fourth-order valence-corrected chi connectivity index (χ4v) is 1.19. The maximum Gasteiger partial charge on any atom is 0.211 e. The van der Waals surface area contributed by atoms with Crippen molar-refractivity contribution in [2.45, 2.75) is 11.9 Å². The van der Waals surface area contributed by atoms with E-state index in [2.05, 4.69) is 5.10 Å². The van der Waals surface area contributed by atoms with Crippen molar-refractivity contribution in [2.24, 2.45) is 0 Å². The Morgan fingerprint density at radius 1 is 1.80 bits per heavy atom. The van der Waals surface area contributed by atoms with E-state index in [0.29, 0.717) is 6.61 Å². The molecule has 0 bridgehead atoms. The molecule has 0 spiro atoms. The number of halogens is 1. The molecule has 0 radical (unpaired) electrons. The van der Waals surface area contributed by atoms with Gasteiger partial charge >= 0.3 is 0 Å². The summed E-state index contributed by atoms with van der Waals surface area (Å²) in [5, 5.41) is 4.08. The highest BCUT2D eigenvalue weighted by Gasteiger charge is 2.16. The molecule has 0 aromatic carbocycles. The third-order valence-electron chi connectivity index (χ3n) is 1.46.